The number of amides is 1. The fraction of sp³-hybridized carbons (Fsp3) is 0.889. The van der Waals surface area contributed by atoms with E-state index in [2.05, 4.69) is 26.1 Å². The molecule has 0 rings (SSSR count). The van der Waals surface area contributed by atoms with Gasteiger partial charge >= 0.3 is 0 Å². The van der Waals surface area contributed by atoms with Crippen LogP contribution in [-0.2, 0) is 4.79 Å². The molecule has 0 aromatic heterocycles. The minimum absolute atomic E-state index is 0.0711. The monoisotopic (exact) mass is 172 g/mol. The fourth-order valence-electron chi connectivity index (χ4n) is 1.19. The van der Waals surface area contributed by atoms with E-state index < -0.39 is 0 Å². The summed E-state index contributed by atoms with van der Waals surface area (Å²) < 4.78 is 0. The van der Waals surface area contributed by atoms with Crippen LogP contribution in [-0.4, -0.2) is 38.0 Å². The summed E-state index contributed by atoms with van der Waals surface area (Å²) in [6, 6.07) is 0. The molecule has 3 nitrogen and oxygen atoms in total. The number of hydrogen-bond donors (Lipinski definition) is 1. The van der Waals surface area contributed by atoms with Crippen molar-refractivity contribution in [1.29, 1.82) is 0 Å². The van der Waals surface area contributed by atoms with Crippen molar-refractivity contribution in [3.05, 3.63) is 0 Å². The third-order valence-corrected chi connectivity index (χ3v) is 1.44. The number of nitrogens with one attached hydrogen (secondary N) is 1. The lowest BCUT2D eigenvalue weighted by Crippen LogP contribution is -2.37. The highest BCUT2D eigenvalue weighted by Gasteiger charge is 2.14. The molecule has 0 heterocycles. The van der Waals surface area contributed by atoms with E-state index in [1.807, 2.05) is 11.9 Å². The summed E-state index contributed by atoms with van der Waals surface area (Å²) in [5.41, 5.74) is 0.253. The number of carbonyl (C=O) groups is 1. The van der Waals surface area contributed by atoms with Crippen LogP contribution in [0.25, 0.3) is 0 Å². The van der Waals surface area contributed by atoms with Crippen molar-refractivity contribution in [2.75, 3.05) is 27.2 Å². The van der Waals surface area contributed by atoms with Gasteiger partial charge in [-0.2, -0.15) is 0 Å². The van der Waals surface area contributed by atoms with Gasteiger partial charge in [0.25, 0.3) is 0 Å². The molecule has 0 aliphatic rings. The van der Waals surface area contributed by atoms with Crippen molar-refractivity contribution in [1.82, 2.24) is 10.2 Å². The van der Waals surface area contributed by atoms with Crippen LogP contribution in [0.5, 0.6) is 0 Å². The topological polar surface area (TPSA) is 32.3 Å². The molecule has 72 valence electrons. The predicted octanol–water partition coefficient (Wildman–Crippen LogP) is 0.710. The molecular formula is C9H20N2O. The molecule has 0 aromatic carbocycles. The van der Waals surface area contributed by atoms with Crippen molar-refractivity contribution < 1.29 is 4.79 Å². The van der Waals surface area contributed by atoms with E-state index in [-0.39, 0.29) is 11.3 Å². The molecular weight excluding hydrogens is 152 g/mol. The summed E-state index contributed by atoms with van der Waals surface area (Å²) in [5, 5.41) is 2.60. The molecule has 0 aromatic rings. The fourth-order valence-corrected chi connectivity index (χ4v) is 1.19. The molecule has 0 saturated heterocycles. The van der Waals surface area contributed by atoms with Crippen molar-refractivity contribution in [3.63, 3.8) is 0 Å². The van der Waals surface area contributed by atoms with E-state index in [0.717, 1.165) is 6.54 Å². The van der Waals surface area contributed by atoms with Gasteiger partial charge in [-0.05, 0) is 12.5 Å². The zero-order valence-electron chi connectivity index (χ0n) is 8.77. The smallest absolute Gasteiger partial charge is 0.233 e. The average Bonchev–Trinajstić information content (AvgIpc) is 1.82. The van der Waals surface area contributed by atoms with Crippen LogP contribution >= 0.6 is 0 Å². The van der Waals surface area contributed by atoms with E-state index in [4.69, 9.17) is 0 Å². The molecule has 0 unspecified atom stereocenters. The van der Waals surface area contributed by atoms with E-state index in [9.17, 15) is 4.79 Å². The minimum atomic E-state index is 0.0711. The van der Waals surface area contributed by atoms with Crippen LogP contribution in [0.15, 0.2) is 0 Å². The van der Waals surface area contributed by atoms with Crippen LogP contribution < -0.4 is 5.32 Å². The Bertz CT molecular complexity index is 149. The maximum atomic E-state index is 11.0. The van der Waals surface area contributed by atoms with E-state index in [0.29, 0.717) is 6.54 Å². The third-order valence-electron chi connectivity index (χ3n) is 1.44. The first-order chi connectivity index (χ1) is 5.35. The quantitative estimate of drug-likeness (QED) is 0.680. The van der Waals surface area contributed by atoms with Crippen LogP contribution in [0, 0.1) is 5.41 Å². The molecule has 0 fully saturated rings. The van der Waals surface area contributed by atoms with Crippen molar-refractivity contribution in [2.24, 2.45) is 5.41 Å². The van der Waals surface area contributed by atoms with Crippen molar-refractivity contribution >= 4 is 5.91 Å². The Hall–Kier alpha value is -0.570. The number of likely N-dealkylation sites (N-methyl/N-ethyl adjacent to an activating group) is 2. The summed E-state index contributed by atoms with van der Waals surface area (Å²) in [6.07, 6.45) is 0. The third kappa shape index (κ3) is 6.16. The van der Waals surface area contributed by atoms with Gasteiger partial charge in [-0.1, -0.05) is 20.8 Å². The highest BCUT2D eigenvalue weighted by molar-refractivity contribution is 5.77. The van der Waals surface area contributed by atoms with Crippen LogP contribution in [0.4, 0.5) is 0 Å². The Morgan fingerprint density at radius 1 is 1.42 bits per heavy atom. The van der Waals surface area contributed by atoms with E-state index in [1.54, 1.807) is 7.05 Å². The van der Waals surface area contributed by atoms with Gasteiger partial charge < -0.3 is 5.32 Å². The lowest BCUT2D eigenvalue weighted by molar-refractivity contribution is -0.121. The van der Waals surface area contributed by atoms with E-state index >= 15 is 0 Å². The average molecular weight is 172 g/mol. The maximum Gasteiger partial charge on any atom is 0.233 e. The molecule has 1 N–H and O–H groups in total. The molecule has 0 spiro atoms. The normalized spacial score (nSPS) is 11.8. The van der Waals surface area contributed by atoms with Gasteiger partial charge in [0.15, 0.2) is 0 Å². The van der Waals surface area contributed by atoms with Crippen molar-refractivity contribution in [3.8, 4) is 0 Å². The van der Waals surface area contributed by atoms with Gasteiger partial charge in [-0.25, -0.2) is 0 Å². The highest BCUT2D eigenvalue weighted by Crippen LogP contribution is 2.13. The summed E-state index contributed by atoms with van der Waals surface area (Å²) in [6.45, 7) is 7.89. The number of hydrogen-bond acceptors (Lipinski definition) is 2. The molecule has 3 heteroatoms. The molecule has 0 saturated carbocycles. The largest absolute Gasteiger partial charge is 0.358 e. The van der Waals surface area contributed by atoms with Gasteiger partial charge in [-0.3, -0.25) is 9.69 Å². The summed E-state index contributed by atoms with van der Waals surface area (Å²) in [5.74, 6) is 0.0711. The van der Waals surface area contributed by atoms with Gasteiger partial charge in [0.2, 0.25) is 5.91 Å². The Kier molecular flexibility index (Phi) is 4.24. The molecule has 0 atom stereocenters. The van der Waals surface area contributed by atoms with Crippen LogP contribution in [0.2, 0.25) is 0 Å². The first kappa shape index (κ1) is 11.4. The second kappa shape index (κ2) is 4.45. The van der Waals surface area contributed by atoms with Gasteiger partial charge in [0.05, 0.1) is 6.54 Å². The number of rotatable bonds is 3. The number of carbonyl (C=O) groups excluding carboxylic acids is 1. The standard InChI is InChI=1S/C9H20N2O/c1-9(2,3)7-11(5)6-8(12)10-4/h6-7H2,1-5H3,(H,10,12). The summed E-state index contributed by atoms with van der Waals surface area (Å²) >= 11 is 0. The Labute approximate surface area is 75.1 Å². The molecule has 0 radical (unpaired) electrons. The molecule has 12 heavy (non-hydrogen) atoms. The summed E-state index contributed by atoms with van der Waals surface area (Å²) in [4.78, 5) is 13.0. The van der Waals surface area contributed by atoms with E-state index in [1.165, 1.54) is 0 Å². The Morgan fingerprint density at radius 2 is 1.92 bits per heavy atom. The maximum absolute atomic E-state index is 11.0. The first-order valence-electron chi connectivity index (χ1n) is 4.24. The molecule has 1 amide bonds. The second-order valence-corrected chi connectivity index (χ2v) is 4.41. The minimum Gasteiger partial charge on any atom is -0.358 e. The Balaban J connectivity index is 3.74. The van der Waals surface area contributed by atoms with Crippen LogP contribution in [0.1, 0.15) is 20.8 Å². The predicted molar refractivity (Wildman–Crippen MR) is 51.0 cm³/mol. The Morgan fingerprint density at radius 3 is 2.25 bits per heavy atom. The van der Waals surface area contributed by atoms with Gasteiger partial charge in [0.1, 0.15) is 0 Å². The van der Waals surface area contributed by atoms with Gasteiger partial charge in [0, 0.05) is 13.6 Å². The first-order valence-corrected chi connectivity index (χ1v) is 4.24. The van der Waals surface area contributed by atoms with Crippen LogP contribution in [0.3, 0.4) is 0 Å². The second-order valence-electron chi connectivity index (χ2n) is 4.41. The SMILES string of the molecule is CNC(=O)CN(C)CC(C)(C)C. The highest BCUT2D eigenvalue weighted by atomic mass is 16.1. The zero-order chi connectivity index (χ0) is 9.78. The number of nitrogens with zero attached hydrogens (tertiary/aromatic N) is 1. The molecule has 0 aliphatic heterocycles. The van der Waals surface area contributed by atoms with Gasteiger partial charge in [-0.15, -0.1) is 0 Å². The zero-order valence-corrected chi connectivity index (χ0v) is 8.77. The molecule has 0 bridgehead atoms. The summed E-state index contributed by atoms with van der Waals surface area (Å²) in [7, 11) is 3.62. The molecule has 0 aliphatic carbocycles. The lowest BCUT2D eigenvalue weighted by Gasteiger charge is -2.25. The van der Waals surface area contributed by atoms with Crippen molar-refractivity contribution in [2.45, 2.75) is 20.8 Å². The lowest BCUT2D eigenvalue weighted by atomic mass is 9.96.